The molecule has 20 heavy (non-hydrogen) atoms. The molecule has 0 radical (unpaired) electrons. The second-order valence-corrected chi connectivity index (χ2v) is 4.97. The molecule has 4 heteroatoms. The molecule has 0 aliphatic heterocycles. The van der Waals surface area contributed by atoms with Gasteiger partial charge in [0.2, 0.25) is 5.91 Å². The highest BCUT2D eigenvalue weighted by Crippen LogP contribution is 2.22. The average molecular weight is 284 g/mol. The van der Waals surface area contributed by atoms with Gasteiger partial charge in [-0.1, -0.05) is 48.6 Å². The van der Waals surface area contributed by atoms with E-state index in [1.54, 1.807) is 17.4 Å². The van der Waals surface area contributed by atoms with E-state index in [-0.39, 0.29) is 5.91 Å². The van der Waals surface area contributed by atoms with Crippen molar-refractivity contribution in [3.05, 3.63) is 65.7 Å². The predicted molar refractivity (Wildman–Crippen MR) is 83.4 cm³/mol. The second-order valence-electron chi connectivity index (χ2n) is 4.11. The van der Waals surface area contributed by atoms with Crippen LogP contribution in [0.4, 0.5) is 0 Å². The highest BCUT2D eigenvalue weighted by atomic mass is 32.1. The molecule has 1 heterocycles. The summed E-state index contributed by atoms with van der Waals surface area (Å²) >= 11 is 1.58. The lowest BCUT2D eigenvalue weighted by atomic mass is 10.2. The summed E-state index contributed by atoms with van der Waals surface area (Å²) in [5.74, 6) is -0.114. The number of allylic oxidation sites excluding steroid dienone is 3. The molecule has 0 spiro atoms. The first kappa shape index (κ1) is 14.2. The van der Waals surface area contributed by atoms with Gasteiger partial charge in [-0.2, -0.15) is 0 Å². The third kappa shape index (κ3) is 4.17. The summed E-state index contributed by atoms with van der Waals surface area (Å²) in [6, 6.07) is 10.0. The van der Waals surface area contributed by atoms with Gasteiger partial charge >= 0.3 is 0 Å². The molecule has 0 fully saturated rings. The number of amides is 1. The summed E-state index contributed by atoms with van der Waals surface area (Å²) in [4.78, 5) is 16.0. The molecule has 3 nitrogen and oxygen atoms in total. The Kier molecular flexibility index (Phi) is 5.26. The number of hydrogen-bond donors (Lipinski definition) is 1. The molecule has 0 atom stereocenters. The quantitative estimate of drug-likeness (QED) is 0.674. The first-order valence-corrected chi connectivity index (χ1v) is 7.24. The van der Waals surface area contributed by atoms with Crippen LogP contribution in [-0.2, 0) is 11.3 Å². The molecule has 0 aliphatic rings. The summed E-state index contributed by atoms with van der Waals surface area (Å²) in [6.45, 7) is 2.35. The zero-order valence-corrected chi connectivity index (χ0v) is 12.1. The number of nitrogens with zero attached hydrogens (tertiary/aromatic N) is 1. The van der Waals surface area contributed by atoms with Gasteiger partial charge in [-0.3, -0.25) is 4.79 Å². The Balaban J connectivity index is 1.92. The number of aromatic nitrogens is 1. The Hall–Kier alpha value is -2.20. The zero-order chi connectivity index (χ0) is 14.2. The topological polar surface area (TPSA) is 42.0 Å². The van der Waals surface area contributed by atoms with E-state index in [4.69, 9.17) is 0 Å². The minimum absolute atomic E-state index is 0.114. The van der Waals surface area contributed by atoms with Gasteiger partial charge in [0.1, 0.15) is 5.01 Å². The van der Waals surface area contributed by atoms with Crippen molar-refractivity contribution in [1.29, 1.82) is 0 Å². The number of carbonyl (C=O) groups excluding carboxylic acids is 1. The van der Waals surface area contributed by atoms with E-state index in [2.05, 4.69) is 10.3 Å². The maximum Gasteiger partial charge on any atom is 0.244 e. The van der Waals surface area contributed by atoms with Crippen LogP contribution in [0.1, 0.15) is 12.6 Å². The summed E-state index contributed by atoms with van der Waals surface area (Å²) < 4.78 is 0. The van der Waals surface area contributed by atoms with Crippen LogP contribution in [0, 0.1) is 0 Å². The van der Waals surface area contributed by atoms with Crippen molar-refractivity contribution in [2.45, 2.75) is 13.5 Å². The fourth-order valence-electron chi connectivity index (χ4n) is 1.59. The smallest absolute Gasteiger partial charge is 0.244 e. The Morgan fingerprint density at radius 1 is 1.30 bits per heavy atom. The fourth-order valence-corrected chi connectivity index (χ4v) is 2.42. The van der Waals surface area contributed by atoms with Crippen molar-refractivity contribution in [2.24, 2.45) is 0 Å². The van der Waals surface area contributed by atoms with Gasteiger partial charge in [-0.15, -0.1) is 11.3 Å². The van der Waals surface area contributed by atoms with E-state index in [1.807, 2.05) is 54.8 Å². The average Bonchev–Trinajstić information content (AvgIpc) is 2.95. The first-order valence-electron chi connectivity index (χ1n) is 6.36. The summed E-state index contributed by atoms with van der Waals surface area (Å²) in [7, 11) is 0. The van der Waals surface area contributed by atoms with E-state index in [0.29, 0.717) is 6.54 Å². The van der Waals surface area contributed by atoms with Crippen LogP contribution in [0.5, 0.6) is 0 Å². The van der Waals surface area contributed by atoms with Crippen LogP contribution in [0.15, 0.2) is 60.0 Å². The van der Waals surface area contributed by atoms with Gasteiger partial charge in [0.15, 0.2) is 0 Å². The summed E-state index contributed by atoms with van der Waals surface area (Å²) in [5.41, 5.74) is 1.98. The van der Waals surface area contributed by atoms with E-state index in [1.165, 1.54) is 6.08 Å². The van der Waals surface area contributed by atoms with E-state index in [0.717, 1.165) is 16.3 Å². The number of hydrogen-bond acceptors (Lipinski definition) is 3. The van der Waals surface area contributed by atoms with Gasteiger partial charge in [0.25, 0.3) is 0 Å². The minimum atomic E-state index is -0.114. The number of thiazole rings is 1. The zero-order valence-electron chi connectivity index (χ0n) is 11.2. The highest BCUT2D eigenvalue weighted by molar-refractivity contribution is 7.13. The molecular formula is C16H16N2OS. The fraction of sp³-hybridized carbons (Fsp3) is 0.125. The lowest BCUT2D eigenvalue weighted by molar-refractivity contribution is -0.116. The minimum Gasteiger partial charge on any atom is -0.347 e. The molecule has 1 aromatic carbocycles. The molecule has 2 aromatic rings. The number of carbonyl (C=O) groups is 1. The van der Waals surface area contributed by atoms with Crippen LogP contribution in [0.25, 0.3) is 10.6 Å². The third-order valence-electron chi connectivity index (χ3n) is 2.57. The maximum atomic E-state index is 11.5. The third-order valence-corrected chi connectivity index (χ3v) is 3.51. The molecule has 0 aliphatic carbocycles. The molecule has 1 amide bonds. The van der Waals surface area contributed by atoms with Crippen LogP contribution in [0.2, 0.25) is 0 Å². The van der Waals surface area contributed by atoms with Crippen molar-refractivity contribution in [3.8, 4) is 10.6 Å². The van der Waals surface area contributed by atoms with Gasteiger partial charge < -0.3 is 5.32 Å². The highest BCUT2D eigenvalue weighted by Gasteiger charge is 2.04. The monoisotopic (exact) mass is 284 g/mol. The molecule has 1 aromatic heterocycles. The Bertz CT molecular complexity index is 614. The molecule has 0 saturated carbocycles. The lowest BCUT2D eigenvalue weighted by Gasteiger charge is -1.98. The number of rotatable bonds is 5. The largest absolute Gasteiger partial charge is 0.347 e. The second kappa shape index (κ2) is 7.40. The molecule has 0 saturated heterocycles. The van der Waals surface area contributed by atoms with Crippen molar-refractivity contribution in [3.63, 3.8) is 0 Å². The van der Waals surface area contributed by atoms with Crippen molar-refractivity contribution in [2.75, 3.05) is 0 Å². The van der Waals surface area contributed by atoms with Gasteiger partial charge in [-0.05, 0) is 6.92 Å². The molecular weight excluding hydrogens is 268 g/mol. The molecule has 0 bridgehead atoms. The Morgan fingerprint density at radius 3 is 2.85 bits per heavy atom. The Morgan fingerprint density at radius 2 is 2.10 bits per heavy atom. The summed E-state index contributed by atoms with van der Waals surface area (Å²) in [5, 5.41) is 5.75. The van der Waals surface area contributed by atoms with Gasteiger partial charge in [0, 0.05) is 17.0 Å². The first-order chi connectivity index (χ1) is 9.79. The normalized spacial score (nSPS) is 11.2. The molecule has 102 valence electrons. The van der Waals surface area contributed by atoms with Crippen molar-refractivity contribution < 1.29 is 4.79 Å². The van der Waals surface area contributed by atoms with Crippen LogP contribution < -0.4 is 5.32 Å². The van der Waals surface area contributed by atoms with E-state index in [9.17, 15) is 4.79 Å². The van der Waals surface area contributed by atoms with E-state index >= 15 is 0 Å². The van der Waals surface area contributed by atoms with Crippen LogP contribution in [0.3, 0.4) is 0 Å². The SMILES string of the molecule is C/C=C/C=C/C(=O)NCc1csc(-c2ccccc2)n1. The van der Waals surface area contributed by atoms with Gasteiger partial charge in [-0.25, -0.2) is 4.98 Å². The predicted octanol–water partition coefficient (Wildman–Crippen LogP) is 3.56. The van der Waals surface area contributed by atoms with Crippen LogP contribution >= 0.6 is 11.3 Å². The molecule has 0 unspecified atom stereocenters. The Labute approximate surface area is 122 Å². The standard InChI is InChI=1S/C16H16N2OS/c1-2-3-5-10-15(19)17-11-14-12-20-16(18-14)13-8-6-4-7-9-13/h2-10,12H,11H2,1H3,(H,17,19)/b3-2+,10-5+. The number of benzene rings is 1. The van der Waals surface area contributed by atoms with Crippen LogP contribution in [-0.4, -0.2) is 10.9 Å². The van der Waals surface area contributed by atoms with Crippen molar-refractivity contribution >= 4 is 17.2 Å². The van der Waals surface area contributed by atoms with E-state index < -0.39 is 0 Å². The van der Waals surface area contributed by atoms with Gasteiger partial charge in [0.05, 0.1) is 12.2 Å². The number of nitrogens with one attached hydrogen (secondary N) is 1. The van der Waals surface area contributed by atoms with Crippen molar-refractivity contribution in [1.82, 2.24) is 10.3 Å². The maximum absolute atomic E-state index is 11.5. The molecule has 2 rings (SSSR count). The molecule has 1 N–H and O–H groups in total. The lowest BCUT2D eigenvalue weighted by Crippen LogP contribution is -2.20. The summed E-state index contributed by atoms with van der Waals surface area (Å²) in [6.07, 6.45) is 6.91.